The van der Waals surface area contributed by atoms with Gasteiger partial charge in [0.25, 0.3) is 0 Å². The molecule has 2 N–H and O–H groups in total. The molecular weight excluding hydrogens is 376 g/mol. The lowest BCUT2D eigenvalue weighted by molar-refractivity contribution is 0.211. The van der Waals surface area contributed by atoms with Crippen molar-refractivity contribution < 1.29 is 4.42 Å². The SMILES string of the molecule is CCC(C)c1nc2ccc(-c3cc(C)c(=N)n(C(=N)N4CCN(C)CC4)c3)cc2o1. The van der Waals surface area contributed by atoms with Gasteiger partial charge in [-0.05, 0) is 55.3 Å². The number of rotatable bonds is 3. The molecule has 0 spiro atoms. The Kier molecular flexibility index (Phi) is 5.47. The number of aromatic nitrogens is 2. The summed E-state index contributed by atoms with van der Waals surface area (Å²) in [5.41, 5.74) is 4.78. The Balaban J connectivity index is 1.71. The summed E-state index contributed by atoms with van der Waals surface area (Å²) in [5.74, 6) is 1.42. The third kappa shape index (κ3) is 3.77. The zero-order valence-electron chi connectivity index (χ0n) is 18.2. The number of pyridine rings is 1. The van der Waals surface area contributed by atoms with Crippen molar-refractivity contribution in [2.45, 2.75) is 33.1 Å². The summed E-state index contributed by atoms with van der Waals surface area (Å²) < 4.78 is 7.70. The Hall–Kier alpha value is -2.93. The van der Waals surface area contributed by atoms with Gasteiger partial charge in [-0.3, -0.25) is 15.4 Å². The van der Waals surface area contributed by atoms with Crippen LogP contribution >= 0.6 is 0 Å². The predicted molar refractivity (Wildman–Crippen MR) is 119 cm³/mol. The highest BCUT2D eigenvalue weighted by molar-refractivity contribution is 5.83. The van der Waals surface area contributed by atoms with Crippen LogP contribution in [0.4, 0.5) is 0 Å². The molecule has 1 aliphatic rings. The van der Waals surface area contributed by atoms with Crippen molar-refractivity contribution in [3.63, 3.8) is 0 Å². The summed E-state index contributed by atoms with van der Waals surface area (Å²) >= 11 is 0. The maximum Gasteiger partial charge on any atom is 0.203 e. The van der Waals surface area contributed by atoms with Gasteiger partial charge in [0.05, 0.1) is 0 Å². The van der Waals surface area contributed by atoms with Crippen molar-refractivity contribution in [2.75, 3.05) is 33.2 Å². The maximum atomic E-state index is 8.71. The van der Waals surface area contributed by atoms with E-state index in [4.69, 9.17) is 15.2 Å². The molecule has 1 unspecified atom stereocenters. The second kappa shape index (κ2) is 8.07. The van der Waals surface area contributed by atoms with Gasteiger partial charge in [-0.15, -0.1) is 0 Å². The van der Waals surface area contributed by atoms with E-state index in [1.807, 2.05) is 42.3 Å². The monoisotopic (exact) mass is 406 g/mol. The van der Waals surface area contributed by atoms with Crippen LogP contribution in [0.15, 0.2) is 34.9 Å². The number of nitrogens with one attached hydrogen (secondary N) is 2. The molecule has 1 atom stereocenters. The molecule has 1 aliphatic heterocycles. The van der Waals surface area contributed by atoms with Crippen LogP contribution in [0.2, 0.25) is 0 Å². The van der Waals surface area contributed by atoms with Gasteiger partial charge in [-0.1, -0.05) is 19.9 Å². The average molecular weight is 407 g/mol. The summed E-state index contributed by atoms with van der Waals surface area (Å²) in [6, 6.07) is 8.03. The third-order valence-electron chi connectivity index (χ3n) is 6.06. The number of piperazine rings is 1. The largest absolute Gasteiger partial charge is 0.440 e. The van der Waals surface area contributed by atoms with Crippen LogP contribution in [0, 0.1) is 17.7 Å². The molecule has 0 radical (unpaired) electrons. The molecular formula is C23H30N6O. The summed E-state index contributed by atoms with van der Waals surface area (Å²) in [6.45, 7) is 9.62. The van der Waals surface area contributed by atoms with Gasteiger partial charge in [-0.2, -0.15) is 0 Å². The summed E-state index contributed by atoms with van der Waals surface area (Å²) in [6.07, 6.45) is 2.88. The first-order chi connectivity index (χ1) is 14.4. The number of nitrogens with zero attached hydrogens (tertiary/aromatic N) is 4. The molecule has 7 nitrogen and oxygen atoms in total. The Labute approximate surface area is 177 Å². The number of benzene rings is 1. The maximum absolute atomic E-state index is 8.71. The van der Waals surface area contributed by atoms with E-state index in [1.165, 1.54) is 0 Å². The lowest BCUT2D eigenvalue weighted by Gasteiger charge is -2.34. The minimum Gasteiger partial charge on any atom is -0.440 e. The van der Waals surface area contributed by atoms with Gasteiger partial charge >= 0.3 is 0 Å². The second-order valence-electron chi connectivity index (χ2n) is 8.29. The number of aryl methyl sites for hydroxylation is 1. The number of oxazole rings is 1. The lowest BCUT2D eigenvalue weighted by atomic mass is 10.1. The van der Waals surface area contributed by atoms with Crippen molar-refractivity contribution in [1.82, 2.24) is 19.4 Å². The Bertz CT molecular complexity index is 1140. The number of fused-ring (bicyclic) bond motifs is 1. The van der Waals surface area contributed by atoms with Crippen molar-refractivity contribution in [1.29, 1.82) is 10.8 Å². The standard InChI is InChI=1S/C23H30N6O/c1-5-15(2)22-26-19-7-6-17(13-20(19)30-22)18-12-16(3)21(24)29(14-18)23(25)28-10-8-27(4)9-11-28/h6-7,12-15,24-25H,5,8-11H2,1-4H3. The molecule has 0 amide bonds. The molecule has 1 aromatic carbocycles. The van der Waals surface area contributed by atoms with Gasteiger partial charge in [0.1, 0.15) is 11.0 Å². The molecule has 3 aromatic rings. The summed E-state index contributed by atoms with van der Waals surface area (Å²) in [5, 5.41) is 17.2. The van der Waals surface area contributed by atoms with E-state index >= 15 is 0 Å². The molecule has 2 aromatic heterocycles. The summed E-state index contributed by atoms with van der Waals surface area (Å²) in [7, 11) is 2.10. The molecule has 0 saturated carbocycles. The zero-order chi connectivity index (χ0) is 21.4. The van der Waals surface area contributed by atoms with Crippen molar-refractivity contribution >= 4 is 17.1 Å². The van der Waals surface area contributed by atoms with Gasteiger partial charge in [0.15, 0.2) is 11.5 Å². The van der Waals surface area contributed by atoms with Gasteiger partial charge in [0, 0.05) is 38.3 Å². The van der Waals surface area contributed by atoms with E-state index in [9.17, 15) is 0 Å². The second-order valence-corrected chi connectivity index (χ2v) is 8.29. The normalized spacial score (nSPS) is 16.2. The van der Waals surface area contributed by atoms with Crippen LogP contribution in [-0.4, -0.2) is 58.5 Å². The minimum absolute atomic E-state index is 0.289. The fourth-order valence-corrected chi connectivity index (χ4v) is 3.74. The van der Waals surface area contributed by atoms with E-state index in [0.717, 1.165) is 66.3 Å². The number of hydrogen-bond donors (Lipinski definition) is 2. The summed E-state index contributed by atoms with van der Waals surface area (Å²) in [4.78, 5) is 8.92. The molecule has 7 heteroatoms. The molecule has 0 bridgehead atoms. The minimum atomic E-state index is 0.289. The van der Waals surface area contributed by atoms with Crippen LogP contribution in [-0.2, 0) is 0 Å². The topological polar surface area (TPSA) is 85.1 Å². The third-order valence-corrected chi connectivity index (χ3v) is 6.06. The van der Waals surface area contributed by atoms with Crippen LogP contribution in [0.5, 0.6) is 0 Å². The van der Waals surface area contributed by atoms with Crippen LogP contribution in [0.1, 0.15) is 37.6 Å². The van der Waals surface area contributed by atoms with E-state index in [0.29, 0.717) is 11.4 Å². The van der Waals surface area contributed by atoms with Crippen LogP contribution in [0.25, 0.3) is 22.2 Å². The highest BCUT2D eigenvalue weighted by Crippen LogP contribution is 2.28. The molecule has 4 rings (SSSR count). The Morgan fingerprint density at radius 1 is 1.17 bits per heavy atom. The van der Waals surface area contributed by atoms with E-state index < -0.39 is 0 Å². The van der Waals surface area contributed by atoms with Gasteiger partial charge in [0.2, 0.25) is 5.96 Å². The van der Waals surface area contributed by atoms with Gasteiger partial charge < -0.3 is 14.2 Å². The van der Waals surface area contributed by atoms with Crippen molar-refractivity contribution in [3.05, 3.63) is 47.4 Å². The highest BCUT2D eigenvalue weighted by atomic mass is 16.3. The molecule has 30 heavy (non-hydrogen) atoms. The molecule has 158 valence electrons. The average Bonchev–Trinajstić information content (AvgIpc) is 3.18. The number of hydrogen-bond acceptors (Lipinski definition) is 5. The first-order valence-corrected chi connectivity index (χ1v) is 10.6. The Morgan fingerprint density at radius 2 is 1.90 bits per heavy atom. The fraction of sp³-hybridized carbons (Fsp3) is 0.435. The smallest absolute Gasteiger partial charge is 0.203 e. The Morgan fingerprint density at radius 3 is 2.60 bits per heavy atom. The number of likely N-dealkylation sites (N-methyl/N-ethyl adjacent to an activating group) is 1. The first kappa shape index (κ1) is 20.3. The van der Waals surface area contributed by atoms with E-state index in [-0.39, 0.29) is 5.92 Å². The highest BCUT2D eigenvalue weighted by Gasteiger charge is 2.19. The van der Waals surface area contributed by atoms with Gasteiger partial charge in [-0.25, -0.2) is 4.98 Å². The van der Waals surface area contributed by atoms with Crippen LogP contribution < -0.4 is 5.49 Å². The fourth-order valence-electron chi connectivity index (χ4n) is 3.74. The van der Waals surface area contributed by atoms with Crippen LogP contribution in [0.3, 0.4) is 0 Å². The van der Waals surface area contributed by atoms with Crippen molar-refractivity contribution in [2.24, 2.45) is 0 Å². The lowest BCUT2D eigenvalue weighted by Crippen LogP contribution is -2.50. The molecule has 0 aliphatic carbocycles. The quantitative estimate of drug-likeness (QED) is 0.514. The first-order valence-electron chi connectivity index (χ1n) is 10.6. The zero-order valence-corrected chi connectivity index (χ0v) is 18.2. The molecule has 3 heterocycles. The predicted octanol–water partition coefficient (Wildman–Crippen LogP) is 3.63. The van der Waals surface area contributed by atoms with E-state index in [1.54, 1.807) is 4.57 Å². The van der Waals surface area contributed by atoms with E-state index in [2.05, 4.69) is 30.8 Å². The van der Waals surface area contributed by atoms with Crippen molar-refractivity contribution in [3.8, 4) is 11.1 Å². The molecule has 1 fully saturated rings. The molecule has 1 saturated heterocycles.